The van der Waals surface area contributed by atoms with Gasteiger partial charge < -0.3 is 9.32 Å². The molecule has 0 saturated carbocycles. The van der Waals surface area contributed by atoms with Crippen molar-refractivity contribution in [1.82, 2.24) is 0 Å². The molecule has 2 nitrogen and oxygen atoms in total. The number of fused-ring (bicyclic) bond motifs is 12. The fourth-order valence-electron chi connectivity index (χ4n) is 8.50. The predicted molar refractivity (Wildman–Crippen MR) is 227 cm³/mol. The van der Waals surface area contributed by atoms with Gasteiger partial charge in [0, 0.05) is 22.1 Å². The minimum absolute atomic E-state index is 0.865. The normalized spacial score (nSPS) is 11.7. The molecule has 11 rings (SSSR count). The standard InChI is InChI=1S/C52H33NO/c1-2-13-36-32-37(25-24-34(36)12-1)35-26-28-38(29-27-35)53(50-22-11-21-48-47-20-9-10-23-51(47)54-52(48)50)39-30-31-46-44-18-6-5-16-42(44)40-14-3-4-15-41(40)43-17-7-8-19-45(43)49(46)33-39/h1-33H. The van der Waals surface area contributed by atoms with Crippen LogP contribution in [0.1, 0.15) is 0 Å². The first kappa shape index (κ1) is 30.5. The highest BCUT2D eigenvalue weighted by molar-refractivity contribution is 6.11. The van der Waals surface area contributed by atoms with Crippen LogP contribution < -0.4 is 4.90 Å². The maximum Gasteiger partial charge on any atom is 0.159 e. The van der Waals surface area contributed by atoms with Gasteiger partial charge in [-0.1, -0.05) is 158 Å². The molecule has 1 aliphatic rings. The molecular weight excluding hydrogens is 655 g/mol. The fraction of sp³-hybridized carbons (Fsp3) is 0. The average molecular weight is 688 g/mol. The Morgan fingerprint density at radius 1 is 0.315 bits per heavy atom. The molecule has 2 heteroatoms. The average Bonchev–Trinajstić information content (AvgIpc) is 3.63. The Kier molecular flexibility index (Phi) is 6.90. The Hall–Kier alpha value is -7.16. The molecule has 9 aromatic carbocycles. The van der Waals surface area contributed by atoms with Crippen LogP contribution in [-0.4, -0.2) is 0 Å². The lowest BCUT2D eigenvalue weighted by Crippen LogP contribution is -2.11. The van der Waals surface area contributed by atoms with E-state index in [1.165, 1.54) is 66.4 Å². The molecule has 0 saturated heterocycles. The molecule has 0 fully saturated rings. The van der Waals surface area contributed by atoms with Crippen molar-refractivity contribution in [2.45, 2.75) is 0 Å². The van der Waals surface area contributed by atoms with Gasteiger partial charge in [0.25, 0.3) is 0 Å². The first-order chi connectivity index (χ1) is 26.8. The summed E-state index contributed by atoms with van der Waals surface area (Å²) >= 11 is 0. The summed E-state index contributed by atoms with van der Waals surface area (Å²) in [4.78, 5) is 2.36. The second-order valence-electron chi connectivity index (χ2n) is 14.1. The molecule has 1 heterocycles. The predicted octanol–water partition coefficient (Wildman–Crippen LogP) is 14.9. The minimum Gasteiger partial charge on any atom is -0.454 e. The first-order valence-electron chi connectivity index (χ1n) is 18.5. The van der Waals surface area contributed by atoms with Crippen LogP contribution in [0.25, 0.3) is 88.3 Å². The van der Waals surface area contributed by atoms with Crippen LogP contribution in [0.15, 0.2) is 205 Å². The van der Waals surface area contributed by atoms with Gasteiger partial charge in [0.2, 0.25) is 0 Å². The van der Waals surface area contributed by atoms with E-state index in [1.807, 2.05) is 6.07 Å². The van der Waals surface area contributed by atoms with Crippen LogP contribution in [0.2, 0.25) is 0 Å². The number of para-hydroxylation sites is 2. The molecule has 252 valence electrons. The van der Waals surface area contributed by atoms with Gasteiger partial charge in [-0.3, -0.25) is 0 Å². The van der Waals surface area contributed by atoms with E-state index in [0.29, 0.717) is 0 Å². The minimum atomic E-state index is 0.865. The Morgan fingerprint density at radius 2 is 0.833 bits per heavy atom. The maximum atomic E-state index is 6.69. The van der Waals surface area contributed by atoms with E-state index in [9.17, 15) is 0 Å². The Labute approximate surface area is 313 Å². The highest BCUT2D eigenvalue weighted by atomic mass is 16.3. The van der Waals surface area contributed by atoms with Gasteiger partial charge in [0.15, 0.2) is 5.58 Å². The van der Waals surface area contributed by atoms with Gasteiger partial charge in [-0.05, 0) is 109 Å². The van der Waals surface area contributed by atoms with E-state index in [4.69, 9.17) is 4.42 Å². The number of hydrogen-bond acceptors (Lipinski definition) is 2. The zero-order valence-electron chi connectivity index (χ0n) is 29.4. The first-order valence-corrected chi connectivity index (χ1v) is 18.5. The van der Waals surface area contributed by atoms with Crippen LogP contribution in [0.4, 0.5) is 17.1 Å². The highest BCUT2D eigenvalue weighted by Crippen LogP contribution is 2.50. The molecule has 10 aromatic rings. The van der Waals surface area contributed by atoms with Crippen molar-refractivity contribution in [3.05, 3.63) is 200 Å². The third kappa shape index (κ3) is 4.81. The van der Waals surface area contributed by atoms with Crippen molar-refractivity contribution in [2.75, 3.05) is 4.90 Å². The molecular formula is C52H33NO. The van der Waals surface area contributed by atoms with Gasteiger partial charge >= 0.3 is 0 Å². The lowest BCUT2D eigenvalue weighted by Gasteiger charge is -2.28. The number of benzene rings is 9. The third-order valence-corrected chi connectivity index (χ3v) is 11.0. The van der Waals surface area contributed by atoms with Crippen molar-refractivity contribution < 1.29 is 4.42 Å². The van der Waals surface area contributed by atoms with Gasteiger partial charge in [-0.25, -0.2) is 0 Å². The van der Waals surface area contributed by atoms with Gasteiger partial charge in [0.1, 0.15) is 5.58 Å². The SMILES string of the molecule is c1ccc2c(c1)-c1ccccc1-c1ccc(N(c3ccc(-c4ccc5ccccc5c4)cc3)c3cccc4c3oc3ccccc34)cc1-c1ccccc1-2. The van der Waals surface area contributed by atoms with Gasteiger partial charge in [-0.2, -0.15) is 0 Å². The summed E-state index contributed by atoms with van der Waals surface area (Å²) < 4.78 is 6.69. The van der Waals surface area contributed by atoms with Crippen molar-refractivity contribution in [3.8, 4) is 55.6 Å². The summed E-state index contributed by atoms with van der Waals surface area (Å²) in [6, 6.07) is 72.4. The van der Waals surface area contributed by atoms with E-state index >= 15 is 0 Å². The lowest BCUT2D eigenvalue weighted by atomic mass is 9.81. The lowest BCUT2D eigenvalue weighted by molar-refractivity contribution is 0.669. The monoisotopic (exact) mass is 687 g/mol. The molecule has 0 atom stereocenters. The summed E-state index contributed by atoms with van der Waals surface area (Å²) in [5.41, 5.74) is 17.0. The van der Waals surface area contributed by atoms with Crippen LogP contribution >= 0.6 is 0 Å². The molecule has 0 N–H and O–H groups in total. The van der Waals surface area contributed by atoms with E-state index < -0.39 is 0 Å². The molecule has 0 spiro atoms. The number of nitrogens with zero attached hydrogens (tertiary/aromatic N) is 1. The summed E-state index contributed by atoms with van der Waals surface area (Å²) in [6.45, 7) is 0. The largest absolute Gasteiger partial charge is 0.454 e. The molecule has 0 aliphatic heterocycles. The molecule has 1 aromatic heterocycles. The zero-order chi connectivity index (χ0) is 35.6. The van der Waals surface area contributed by atoms with E-state index in [-0.39, 0.29) is 0 Å². The van der Waals surface area contributed by atoms with E-state index in [0.717, 1.165) is 39.0 Å². The topological polar surface area (TPSA) is 16.4 Å². The van der Waals surface area contributed by atoms with Crippen molar-refractivity contribution in [2.24, 2.45) is 0 Å². The summed E-state index contributed by atoms with van der Waals surface area (Å²) in [5.74, 6) is 0. The molecule has 0 amide bonds. The Morgan fingerprint density at radius 3 is 1.52 bits per heavy atom. The number of rotatable bonds is 4. The third-order valence-electron chi connectivity index (χ3n) is 11.0. The van der Waals surface area contributed by atoms with Crippen LogP contribution in [-0.2, 0) is 0 Å². The molecule has 54 heavy (non-hydrogen) atoms. The maximum absolute atomic E-state index is 6.69. The van der Waals surface area contributed by atoms with Crippen LogP contribution in [0.3, 0.4) is 0 Å². The number of furan rings is 1. The van der Waals surface area contributed by atoms with E-state index in [1.54, 1.807) is 0 Å². The van der Waals surface area contributed by atoms with Crippen molar-refractivity contribution in [3.63, 3.8) is 0 Å². The smallest absolute Gasteiger partial charge is 0.159 e. The molecule has 0 bridgehead atoms. The zero-order valence-corrected chi connectivity index (χ0v) is 29.4. The van der Waals surface area contributed by atoms with Crippen LogP contribution in [0.5, 0.6) is 0 Å². The second-order valence-corrected chi connectivity index (χ2v) is 14.1. The van der Waals surface area contributed by atoms with Crippen molar-refractivity contribution >= 4 is 49.8 Å². The molecule has 0 unspecified atom stereocenters. The number of hydrogen-bond donors (Lipinski definition) is 0. The number of anilines is 3. The second kappa shape index (κ2) is 12.2. The fourth-order valence-corrected chi connectivity index (χ4v) is 8.50. The van der Waals surface area contributed by atoms with Crippen molar-refractivity contribution in [1.29, 1.82) is 0 Å². The van der Waals surface area contributed by atoms with E-state index in [2.05, 4.69) is 199 Å². The summed E-state index contributed by atoms with van der Waals surface area (Å²) in [7, 11) is 0. The Bertz CT molecular complexity index is 3050. The molecule has 0 radical (unpaired) electrons. The Balaban J connectivity index is 1.14. The van der Waals surface area contributed by atoms with Gasteiger partial charge in [0.05, 0.1) is 5.69 Å². The highest BCUT2D eigenvalue weighted by Gasteiger charge is 2.25. The summed E-state index contributed by atoms with van der Waals surface area (Å²) in [6.07, 6.45) is 0. The summed E-state index contributed by atoms with van der Waals surface area (Å²) in [5, 5.41) is 4.70. The van der Waals surface area contributed by atoms with Gasteiger partial charge in [-0.15, -0.1) is 0 Å². The van der Waals surface area contributed by atoms with Crippen LogP contribution in [0, 0.1) is 0 Å². The molecule has 1 aliphatic carbocycles. The quantitative estimate of drug-likeness (QED) is 0.183.